The van der Waals surface area contributed by atoms with E-state index in [4.69, 9.17) is 11.5 Å². The maximum Gasteiger partial charge on any atom is 0.220 e. The Bertz CT molecular complexity index is 463. The Hall–Kier alpha value is -1.39. The SMILES string of the molecule is CCC(N)C(c1ccc(C)cc1)N1CCC(C(N)=O)CC1. The highest BCUT2D eigenvalue weighted by Crippen LogP contribution is 2.30. The van der Waals surface area contributed by atoms with Crippen molar-refractivity contribution in [3.8, 4) is 0 Å². The van der Waals surface area contributed by atoms with E-state index in [1.54, 1.807) is 0 Å². The van der Waals surface area contributed by atoms with Crippen LogP contribution in [0, 0.1) is 12.8 Å². The molecule has 4 heteroatoms. The van der Waals surface area contributed by atoms with E-state index in [2.05, 4.69) is 43.0 Å². The first-order chi connectivity index (χ1) is 10.0. The molecule has 0 aliphatic carbocycles. The largest absolute Gasteiger partial charge is 0.369 e. The van der Waals surface area contributed by atoms with Crippen molar-refractivity contribution in [3.63, 3.8) is 0 Å². The molecule has 1 heterocycles. The van der Waals surface area contributed by atoms with Crippen LogP contribution in [0.5, 0.6) is 0 Å². The second-order valence-corrected chi connectivity index (χ2v) is 6.14. The van der Waals surface area contributed by atoms with E-state index < -0.39 is 0 Å². The number of hydrogen-bond acceptors (Lipinski definition) is 3. The van der Waals surface area contributed by atoms with Crippen LogP contribution < -0.4 is 11.5 Å². The lowest BCUT2D eigenvalue weighted by Gasteiger charge is -2.39. The molecular weight excluding hydrogens is 262 g/mol. The number of piperidine rings is 1. The lowest BCUT2D eigenvalue weighted by molar-refractivity contribution is -0.123. The van der Waals surface area contributed by atoms with Crippen LogP contribution >= 0.6 is 0 Å². The molecule has 1 saturated heterocycles. The minimum Gasteiger partial charge on any atom is -0.369 e. The molecule has 1 aliphatic heterocycles. The van der Waals surface area contributed by atoms with Gasteiger partial charge in [0.05, 0.1) is 0 Å². The van der Waals surface area contributed by atoms with Gasteiger partial charge in [0.15, 0.2) is 0 Å². The van der Waals surface area contributed by atoms with E-state index in [0.717, 1.165) is 32.4 Å². The summed E-state index contributed by atoms with van der Waals surface area (Å²) in [5.74, 6) is -0.140. The molecule has 0 spiro atoms. The van der Waals surface area contributed by atoms with E-state index in [9.17, 15) is 4.79 Å². The van der Waals surface area contributed by atoms with Gasteiger partial charge in [0.25, 0.3) is 0 Å². The molecule has 4 nitrogen and oxygen atoms in total. The number of benzene rings is 1. The summed E-state index contributed by atoms with van der Waals surface area (Å²) in [7, 11) is 0. The highest BCUT2D eigenvalue weighted by Gasteiger charge is 2.31. The van der Waals surface area contributed by atoms with Gasteiger partial charge in [-0.3, -0.25) is 9.69 Å². The van der Waals surface area contributed by atoms with Crippen LogP contribution in [0.3, 0.4) is 0 Å². The van der Waals surface area contributed by atoms with Gasteiger partial charge in [0, 0.05) is 18.0 Å². The van der Waals surface area contributed by atoms with E-state index in [-0.39, 0.29) is 23.9 Å². The summed E-state index contributed by atoms with van der Waals surface area (Å²) in [6.07, 6.45) is 2.62. The van der Waals surface area contributed by atoms with Gasteiger partial charge in [0.1, 0.15) is 0 Å². The number of nitrogens with zero attached hydrogens (tertiary/aromatic N) is 1. The third-order valence-corrected chi connectivity index (χ3v) is 4.62. The lowest BCUT2D eigenvalue weighted by atomic mass is 9.90. The summed E-state index contributed by atoms with van der Waals surface area (Å²) in [5.41, 5.74) is 14.3. The summed E-state index contributed by atoms with van der Waals surface area (Å²) in [6, 6.07) is 8.97. The summed E-state index contributed by atoms with van der Waals surface area (Å²) < 4.78 is 0. The Labute approximate surface area is 127 Å². The first-order valence-corrected chi connectivity index (χ1v) is 7.88. The summed E-state index contributed by atoms with van der Waals surface area (Å²) >= 11 is 0. The number of primary amides is 1. The van der Waals surface area contributed by atoms with Crippen LogP contribution in [-0.2, 0) is 4.79 Å². The van der Waals surface area contributed by atoms with Crippen LogP contribution in [0.2, 0.25) is 0 Å². The third-order valence-electron chi connectivity index (χ3n) is 4.62. The molecule has 0 saturated carbocycles. The molecule has 2 atom stereocenters. The number of nitrogens with two attached hydrogens (primary N) is 2. The zero-order chi connectivity index (χ0) is 15.4. The van der Waals surface area contributed by atoms with Gasteiger partial charge in [0.2, 0.25) is 5.91 Å². The van der Waals surface area contributed by atoms with Crippen LogP contribution in [0.25, 0.3) is 0 Å². The average Bonchev–Trinajstić information content (AvgIpc) is 2.49. The molecule has 1 aliphatic rings. The smallest absolute Gasteiger partial charge is 0.220 e. The molecule has 1 fully saturated rings. The Kier molecular flexibility index (Phi) is 5.37. The molecule has 1 aromatic carbocycles. The summed E-state index contributed by atoms with van der Waals surface area (Å²) in [4.78, 5) is 13.7. The maximum atomic E-state index is 11.3. The quantitative estimate of drug-likeness (QED) is 0.870. The highest BCUT2D eigenvalue weighted by molar-refractivity contribution is 5.76. The fourth-order valence-electron chi connectivity index (χ4n) is 3.18. The molecule has 21 heavy (non-hydrogen) atoms. The van der Waals surface area contributed by atoms with E-state index >= 15 is 0 Å². The van der Waals surface area contributed by atoms with Crippen molar-refractivity contribution in [2.45, 2.75) is 45.2 Å². The van der Waals surface area contributed by atoms with Crippen molar-refractivity contribution in [3.05, 3.63) is 35.4 Å². The number of carbonyl (C=O) groups excluding carboxylic acids is 1. The van der Waals surface area contributed by atoms with Crippen LogP contribution in [0.1, 0.15) is 43.4 Å². The van der Waals surface area contributed by atoms with Gasteiger partial charge < -0.3 is 11.5 Å². The van der Waals surface area contributed by atoms with Crippen LogP contribution in [0.4, 0.5) is 0 Å². The molecule has 0 aromatic heterocycles. The lowest BCUT2D eigenvalue weighted by Crippen LogP contribution is -2.46. The van der Waals surface area contributed by atoms with Crippen LogP contribution in [-0.4, -0.2) is 29.9 Å². The second-order valence-electron chi connectivity index (χ2n) is 6.14. The predicted molar refractivity (Wildman–Crippen MR) is 85.7 cm³/mol. The van der Waals surface area contributed by atoms with Crippen molar-refractivity contribution in [1.82, 2.24) is 4.90 Å². The molecule has 116 valence electrons. The van der Waals surface area contributed by atoms with E-state index in [1.165, 1.54) is 11.1 Å². The number of rotatable bonds is 5. The average molecular weight is 289 g/mol. The minimum absolute atomic E-state index is 0.0257. The molecule has 0 bridgehead atoms. The standard InChI is InChI=1S/C17H27N3O/c1-3-15(18)16(13-6-4-12(2)5-7-13)20-10-8-14(9-11-20)17(19)21/h4-7,14-16H,3,8-11,18H2,1-2H3,(H2,19,21). The van der Waals surface area contributed by atoms with Crippen LogP contribution in [0.15, 0.2) is 24.3 Å². The van der Waals surface area contributed by atoms with Crippen molar-refractivity contribution < 1.29 is 4.79 Å². The van der Waals surface area contributed by atoms with Crippen molar-refractivity contribution in [2.75, 3.05) is 13.1 Å². The maximum absolute atomic E-state index is 11.3. The molecule has 2 rings (SSSR count). The Morgan fingerprint density at radius 2 is 1.86 bits per heavy atom. The van der Waals surface area contributed by atoms with E-state index in [0.29, 0.717) is 0 Å². The normalized spacial score (nSPS) is 20.1. The van der Waals surface area contributed by atoms with Gasteiger partial charge in [-0.15, -0.1) is 0 Å². The summed E-state index contributed by atoms with van der Waals surface area (Å²) in [5, 5.41) is 0. The number of aryl methyl sites for hydroxylation is 1. The first kappa shape index (κ1) is 16.0. The Balaban J connectivity index is 2.14. The van der Waals surface area contributed by atoms with Gasteiger partial charge in [-0.2, -0.15) is 0 Å². The van der Waals surface area contributed by atoms with Gasteiger partial charge in [-0.25, -0.2) is 0 Å². The molecule has 1 aromatic rings. The molecule has 2 unspecified atom stereocenters. The Morgan fingerprint density at radius 1 is 1.29 bits per heavy atom. The third kappa shape index (κ3) is 3.83. The molecular formula is C17H27N3O. The second kappa shape index (κ2) is 7.05. The number of carbonyl (C=O) groups is 1. The first-order valence-electron chi connectivity index (χ1n) is 7.88. The van der Waals surface area contributed by atoms with Crippen molar-refractivity contribution in [2.24, 2.45) is 17.4 Å². The fourth-order valence-corrected chi connectivity index (χ4v) is 3.18. The Morgan fingerprint density at radius 3 is 2.33 bits per heavy atom. The zero-order valence-electron chi connectivity index (χ0n) is 13.1. The van der Waals surface area contributed by atoms with E-state index in [1.807, 2.05) is 0 Å². The number of likely N-dealkylation sites (tertiary alicyclic amines) is 1. The zero-order valence-corrected chi connectivity index (χ0v) is 13.1. The molecule has 0 radical (unpaired) electrons. The van der Waals surface area contributed by atoms with Crippen molar-refractivity contribution >= 4 is 5.91 Å². The monoisotopic (exact) mass is 289 g/mol. The topological polar surface area (TPSA) is 72.3 Å². The summed E-state index contributed by atoms with van der Waals surface area (Å²) in [6.45, 7) is 6.00. The molecule has 4 N–H and O–H groups in total. The van der Waals surface area contributed by atoms with Gasteiger partial charge in [-0.1, -0.05) is 36.8 Å². The highest BCUT2D eigenvalue weighted by atomic mass is 16.1. The van der Waals surface area contributed by atoms with Gasteiger partial charge in [-0.05, 0) is 44.8 Å². The predicted octanol–water partition coefficient (Wildman–Crippen LogP) is 1.97. The van der Waals surface area contributed by atoms with Gasteiger partial charge >= 0.3 is 0 Å². The fraction of sp³-hybridized carbons (Fsp3) is 0.588. The molecule has 1 amide bonds. The number of hydrogen-bond donors (Lipinski definition) is 2. The van der Waals surface area contributed by atoms with Crippen molar-refractivity contribution in [1.29, 1.82) is 0 Å². The minimum atomic E-state index is -0.165. The number of amides is 1.